The Kier molecular flexibility index (Phi) is 6.12. The summed E-state index contributed by atoms with van der Waals surface area (Å²) in [6, 6.07) is 5.76. The van der Waals surface area contributed by atoms with Gasteiger partial charge in [-0.15, -0.1) is 0 Å². The SMILES string of the molecule is CN(CC1CCCOC1)C(CN)c1cc(Cl)cc(Cl)c1. The molecule has 20 heavy (non-hydrogen) atoms. The van der Waals surface area contributed by atoms with E-state index in [0.29, 0.717) is 22.5 Å². The van der Waals surface area contributed by atoms with Crippen molar-refractivity contribution in [2.24, 2.45) is 11.7 Å². The lowest BCUT2D eigenvalue weighted by Gasteiger charge is -2.32. The van der Waals surface area contributed by atoms with Crippen molar-refractivity contribution in [2.75, 3.05) is 33.4 Å². The summed E-state index contributed by atoms with van der Waals surface area (Å²) in [5.74, 6) is 0.581. The first-order valence-corrected chi connectivity index (χ1v) is 7.79. The fraction of sp³-hybridized carbons (Fsp3) is 0.600. The molecule has 2 atom stereocenters. The Balaban J connectivity index is 2.05. The molecular formula is C15H22Cl2N2O. The maximum absolute atomic E-state index is 6.08. The molecule has 112 valence electrons. The summed E-state index contributed by atoms with van der Waals surface area (Å²) in [5, 5.41) is 1.31. The first-order chi connectivity index (χ1) is 9.60. The summed E-state index contributed by atoms with van der Waals surface area (Å²) < 4.78 is 5.54. The zero-order valence-electron chi connectivity index (χ0n) is 11.8. The molecule has 2 N–H and O–H groups in total. The molecule has 5 heteroatoms. The highest BCUT2D eigenvalue weighted by Gasteiger charge is 2.21. The molecule has 1 aromatic rings. The monoisotopic (exact) mass is 316 g/mol. The van der Waals surface area contributed by atoms with Crippen LogP contribution in [0.2, 0.25) is 10.0 Å². The van der Waals surface area contributed by atoms with Crippen molar-refractivity contribution >= 4 is 23.2 Å². The first kappa shape index (κ1) is 16.1. The minimum absolute atomic E-state index is 0.133. The molecule has 0 amide bonds. The van der Waals surface area contributed by atoms with Crippen molar-refractivity contribution in [1.82, 2.24) is 4.90 Å². The maximum atomic E-state index is 6.08. The lowest BCUT2D eigenvalue weighted by molar-refractivity contribution is 0.0365. The van der Waals surface area contributed by atoms with E-state index in [-0.39, 0.29) is 6.04 Å². The molecule has 0 radical (unpaired) electrons. The molecule has 1 fully saturated rings. The van der Waals surface area contributed by atoms with Crippen molar-refractivity contribution in [3.05, 3.63) is 33.8 Å². The van der Waals surface area contributed by atoms with Crippen LogP contribution in [0.1, 0.15) is 24.4 Å². The average molecular weight is 317 g/mol. The fourth-order valence-corrected chi connectivity index (χ4v) is 3.37. The normalized spacial score (nSPS) is 21.1. The molecule has 0 aromatic heterocycles. The van der Waals surface area contributed by atoms with Crippen molar-refractivity contribution in [3.63, 3.8) is 0 Å². The summed E-state index contributed by atoms with van der Waals surface area (Å²) in [6.45, 7) is 3.26. The number of nitrogens with zero attached hydrogens (tertiary/aromatic N) is 1. The largest absolute Gasteiger partial charge is 0.381 e. The van der Waals surface area contributed by atoms with Crippen molar-refractivity contribution in [1.29, 1.82) is 0 Å². The van der Waals surface area contributed by atoms with Crippen LogP contribution in [0.4, 0.5) is 0 Å². The van der Waals surface area contributed by atoms with Gasteiger partial charge in [0.25, 0.3) is 0 Å². The quantitative estimate of drug-likeness (QED) is 0.905. The van der Waals surface area contributed by atoms with Gasteiger partial charge in [-0.25, -0.2) is 0 Å². The highest BCUT2D eigenvalue weighted by molar-refractivity contribution is 6.34. The van der Waals surface area contributed by atoms with Gasteiger partial charge in [-0.2, -0.15) is 0 Å². The van der Waals surface area contributed by atoms with E-state index < -0.39 is 0 Å². The number of benzene rings is 1. The highest BCUT2D eigenvalue weighted by atomic mass is 35.5. The van der Waals surface area contributed by atoms with Crippen LogP contribution in [-0.4, -0.2) is 38.3 Å². The smallest absolute Gasteiger partial charge is 0.0506 e. The summed E-state index contributed by atoms with van der Waals surface area (Å²) in [6.07, 6.45) is 2.37. The maximum Gasteiger partial charge on any atom is 0.0506 e. The van der Waals surface area contributed by atoms with Gasteiger partial charge in [-0.3, -0.25) is 4.90 Å². The van der Waals surface area contributed by atoms with Gasteiger partial charge >= 0.3 is 0 Å². The zero-order chi connectivity index (χ0) is 14.5. The Morgan fingerprint density at radius 3 is 2.60 bits per heavy atom. The molecule has 1 saturated heterocycles. The van der Waals surface area contributed by atoms with Gasteiger partial charge in [0.1, 0.15) is 0 Å². The van der Waals surface area contributed by atoms with Crippen LogP contribution < -0.4 is 5.73 Å². The van der Waals surface area contributed by atoms with Crippen LogP contribution in [0.15, 0.2) is 18.2 Å². The van der Waals surface area contributed by atoms with E-state index >= 15 is 0 Å². The van der Waals surface area contributed by atoms with Crippen LogP contribution in [0.3, 0.4) is 0 Å². The number of nitrogens with two attached hydrogens (primary N) is 1. The molecule has 1 aliphatic heterocycles. The standard InChI is InChI=1S/C15H22Cl2N2O/c1-19(9-11-3-2-4-20-10-11)15(8-18)12-5-13(16)7-14(17)6-12/h5-7,11,15H,2-4,8-10,18H2,1H3. The van der Waals surface area contributed by atoms with Gasteiger partial charge in [0.15, 0.2) is 0 Å². The Bertz CT molecular complexity index is 416. The topological polar surface area (TPSA) is 38.5 Å². The number of likely N-dealkylation sites (N-methyl/N-ethyl adjacent to an activating group) is 1. The Morgan fingerprint density at radius 1 is 1.35 bits per heavy atom. The van der Waals surface area contributed by atoms with E-state index in [1.54, 1.807) is 6.07 Å². The van der Waals surface area contributed by atoms with E-state index in [1.165, 1.54) is 6.42 Å². The van der Waals surface area contributed by atoms with E-state index in [0.717, 1.165) is 31.7 Å². The van der Waals surface area contributed by atoms with Crippen LogP contribution in [0.25, 0.3) is 0 Å². The number of halogens is 2. The molecule has 0 aliphatic carbocycles. The van der Waals surface area contributed by atoms with E-state index in [2.05, 4.69) is 11.9 Å². The molecule has 2 unspecified atom stereocenters. The Labute approximate surface area is 131 Å². The molecule has 0 bridgehead atoms. The summed E-state index contributed by atoms with van der Waals surface area (Å²) in [4.78, 5) is 2.28. The van der Waals surface area contributed by atoms with Gasteiger partial charge in [0, 0.05) is 35.8 Å². The van der Waals surface area contributed by atoms with Crippen LogP contribution >= 0.6 is 23.2 Å². The number of hydrogen-bond donors (Lipinski definition) is 1. The second-order valence-electron chi connectivity index (χ2n) is 5.48. The second-order valence-corrected chi connectivity index (χ2v) is 6.35. The molecule has 1 aliphatic rings. The van der Waals surface area contributed by atoms with Gasteiger partial charge in [0.05, 0.1) is 6.61 Å². The van der Waals surface area contributed by atoms with E-state index in [1.807, 2.05) is 12.1 Å². The van der Waals surface area contributed by atoms with Crippen LogP contribution in [0, 0.1) is 5.92 Å². The zero-order valence-corrected chi connectivity index (χ0v) is 13.3. The number of ether oxygens (including phenoxy) is 1. The van der Waals surface area contributed by atoms with E-state index in [9.17, 15) is 0 Å². The van der Waals surface area contributed by atoms with Crippen molar-refractivity contribution < 1.29 is 4.74 Å². The lowest BCUT2D eigenvalue weighted by atomic mass is 9.99. The molecular weight excluding hydrogens is 295 g/mol. The van der Waals surface area contributed by atoms with Gasteiger partial charge in [0.2, 0.25) is 0 Å². The summed E-state index contributed by atoms with van der Waals surface area (Å²) in [5.41, 5.74) is 7.03. The van der Waals surface area contributed by atoms with Crippen molar-refractivity contribution in [3.8, 4) is 0 Å². The summed E-state index contributed by atoms with van der Waals surface area (Å²) >= 11 is 12.2. The number of hydrogen-bond acceptors (Lipinski definition) is 3. The molecule has 2 rings (SSSR count). The molecule has 0 spiro atoms. The van der Waals surface area contributed by atoms with E-state index in [4.69, 9.17) is 33.7 Å². The van der Waals surface area contributed by atoms with Gasteiger partial charge in [-0.05, 0) is 49.6 Å². The molecule has 1 aromatic carbocycles. The minimum atomic E-state index is 0.133. The summed E-state index contributed by atoms with van der Waals surface area (Å²) in [7, 11) is 2.10. The Hall–Kier alpha value is -0.320. The van der Waals surface area contributed by atoms with Crippen LogP contribution in [-0.2, 0) is 4.74 Å². The third kappa shape index (κ3) is 4.34. The Morgan fingerprint density at radius 2 is 2.05 bits per heavy atom. The van der Waals surface area contributed by atoms with Gasteiger partial charge in [-0.1, -0.05) is 23.2 Å². The lowest BCUT2D eigenvalue weighted by Crippen LogP contribution is -2.36. The molecule has 0 saturated carbocycles. The third-order valence-corrected chi connectivity index (χ3v) is 4.26. The first-order valence-electron chi connectivity index (χ1n) is 7.04. The average Bonchev–Trinajstić information content (AvgIpc) is 2.39. The molecule has 1 heterocycles. The third-order valence-electron chi connectivity index (χ3n) is 3.83. The van der Waals surface area contributed by atoms with Crippen LogP contribution in [0.5, 0.6) is 0 Å². The molecule has 3 nitrogen and oxygen atoms in total. The van der Waals surface area contributed by atoms with Gasteiger partial charge < -0.3 is 10.5 Å². The minimum Gasteiger partial charge on any atom is -0.381 e. The predicted molar refractivity (Wildman–Crippen MR) is 84.4 cm³/mol. The second kappa shape index (κ2) is 7.62. The highest BCUT2D eigenvalue weighted by Crippen LogP contribution is 2.27. The predicted octanol–water partition coefficient (Wildman–Crippen LogP) is 3.35. The fourth-order valence-electron chi connectivity index (χ4n) is 2.82. The van der Waals surface area contributed by atoms with Crippen molar-refractivity contribution in [2.45, 2.75) is 18.9 Å². The number of rotatable bonds is 5.